The molecular formula is C14H10N6O8S2Zn. The van der Waals surface area contributed by atoms with Gasteiger partial charge in [0.1, 0.15) is 0 Å². The minimum atomic E-state index is -4.04. The number of sulfonamides is 2. The van der Waals surface area contributed by atoms with Crippen LogP contribution in [0.5, 0.6) is 0 Å². The molecule has 0 saturated heterocycles. The summed E-state index contributed by atoms with van der Waals surface area (Å²) in [5, 5.41) is 17.1. The van der Waals surface area contributed by atoms with Crippen LogP contribution in [0.15, 0.2) is 67.4 Å². The van der Waals surface area contributed by atoms with Gasteiger partial charge in [0.05, 0.1) is 20.9 Å². The smallest absolute Gasteiger partial charge is 0.335 e. The quantitative estimate of drug-likeness (QED) is 0.248. The second-order valence-electron chi connectivity index (χ2n) is 4.95. The van der Waals surface area contributed by atoms with E-state index in [1.807, 2.05) is 0 Å². The van der Waals surface area contributed by atoms with Crippen LogP contribution in [0.3, 0.4) is 0 Å². The van der Waals surface area contributed by atoms with Crippen molar-refractivity contribution in [3.05, 3.63) is 80.5 Å². The number of hydrogen-bond acceptors (Lipinski definition) is 6. The summed E-state index contributed by atoms with van der Waals surface area (Å²) in [6.07, 6.45) is 0. The zero-order chi connectivity index (χ0) is 22.9. The molecule has 0 radical (unpaired) electrons. The molecule has 14 nitrogen and oxygen atoms in total. The molecule has 2 rings (SSSR count). The van der Waals surface area contributed by atoms with Gasteiger partial charge in [-0.3, -0.25) is 0 Å². The van der Waals surface area contributed by atoms with E-state index >= 15 is 0 Å². The Hall–Kier alpha value is -3.48. The van der Waals surface area contributed by atoms with Crippen molar-refractivity contribution in [2.45, 2.75) is 9.79 Å². The maximum atomic E-state index is 11.1. The van der Waals surface area contributed by atoms with Crippen LogP contribution in [0.25, 0.3) is 20.9 Å². The fourth-order valence-corrected chi connectivity index (χ4v) is 3.07. The summed E-state index contributed by atoms with van der Waals surface area (Å²) in [4.78, 5) is 24.7. The van der Waals surface area contributed by atoms with E-state index in [4.69, 9.17) is 21.3 Å². The van der Waals surface area contributed by atoms with Gasteiger partial charge in [0.25, 0.3) is 20.0 Å². The Kier molecular flexibility index (Phi) is 10.3. The SMILES string of the molecule is [N-]=[N+]=NS(=O)(=O)c1ccc(C(=O)O)cc1.[N-]=[N+]=NS(=O)(=O)c1ccc(C(=O)O)cc1.[Zn]. The molecule has 0 heterocycles. The first-order chi connectivity index (χ1) is 13.9. The van der Waals surface area contributed by atoms with Crippen LogP contribution in [0.2, 0.25) is 0 Å². The Morgan fingerprint density at radius 1 is 0.677 bits per heavy atom. The Morgan fingerprint density at radius 2 is 0.935 bits per heavy atom. The van der Waals surface area contributed by atoms with Crippen LogP contribution in [0.1, 0.15) is 20.7 Å². The molecule has 0 bridgehead atoms. The van der Waals surface area contributed by atoms with Crippen molar-refractivity contribution in [3.8, 4) is 0 Å². The van der Waals surface area contributed by atoms with Crippen LogP contribution in [-0.4, -0.2) is 39.0 Å². The number of nitrogens with zero attached hydrogens (tertiary/aromatic N) is 6. The Labute approximate surface area is 187 Å². The van der Waals surface area contributed by atoms with Crippen molar-refractivity contribution in [1.29, 1.82) is 0 Å². The maximum Gasteiger partial charge on any atom is 0.335 e. The van der Waals surface area contributed by atoms with Crippen LogP contribution in [-0.2, 0) is 39.5 Å². The van der Waals surface area contributed by atoms with E-state index in [1.165, 1.54) is 0 Å². The fraction of sp³-hybridized carbons (Fsp3) is 0. The molecule has 17 heteroatoms. The molecule has 0 aliphatic rings. The van der Waals surface area contributed by atoms with Gasteiger partial charge < -0.3 is 10.2 Å². The molecule has 0 amide bonds. The number of carboxylic acids is 2. The second kappa shape index (κ2) is 11.6. The van der Waals surface area contributed by atoms with E-state index in [-0.39, 0.29) is 40.4 Å². The predicted molar refractivity (Wildman–Crippen MR) is 99.5 cm³/mol. The molecule has 0 unspecified atom stereocenters. The number of hydrogen-bond donors (Lipinski definition) is 2. The van der Waals surface area contributed by atoms with Gasteiger partial charge in [0, 0.05) is 38.3 Å². The standard InChI is InChI=1S/2C7H5N3O4S.Zn/c2*8-9-10-15(13,14)6-3-1-5(2-4-6)7(11)12;/h2*1-4H,(H,11,12);. The molecule has 0 saturated carbocycles. The second-order valence-corrected chi connectivity index (χ2v) is 8.12. The minimum absolute atomic E-state index is 0. The topological polar surface area (TPSA) is 240 Å². The molecule has 2 aromatic rings. The van der Waals surface area contributed by atoms with Crippen molar-refractivity contribution in [2.75, 3.05) is 0 Å². The van der Waals surface area contributed by atoms with Crippen molar-refractivity contribution >= 4 is 32.0 Å². The number of benzene rings is 2. The largest absolute Gasteiger partial charge is 0.478 e. The molecule has 2 aromatic carbocycles. The summed E-state index contributed by atoms with van der Waals surface area (Å²) < 4.78 is 49.8. The zero-order valence-electron chi connectivity index (χ0n) is 15.2. The first-order valence-electron chi connectivity index (χ1n) is 7.24. The normalized spacial score (nSPS) is 10.1. The van der Waals surface area contributed by atoms with Crippen molar-refractivity contribution in [2.24, 2.45) is 9.04 Å². The van der Waals surface area contributed by atoms with E-state index in [1.54, 1.807) is 0 Å². The molecule has 31 heavy (non-hydrogen) atoms. The average Bonchev–Trinajstić information content (AvgIpc) is 2.68. The molecule has 0 atom stereocenters. The molecule has 0 aromatic heterocycles. The monoisotopic (exact) mass is 518 g/mol. The molecular weight excluding hydrogens is 510 g/mol. The van der Waals surface area contributed by atoms with Crippen molar-refractivity contribution in [1.82, 2.24) is 0 Å². The van der Waals surface area contributed by atoms with Crippen LogP contribution in [0, 0.1) is 0 Å². The van der Waals surface area contributed by atoms with Gasteiger partial charge in [-0.15, -0.1) is 0 Å². The molecule has 0 spiro atoms. The van der Waals surface area contributed by atoms with Crippen LogP contribution < -0.4 is 0 Å². The van der Waals surface area contributed by atoms with E-state index in [9.17, 15) is 26.4 Å². The number of carbonyl (C=O) groups is 2. The van der Waals surface area contributed by atoms with Gasteiger partial charge >= 0.3 is 11.9 Å². The molecule has 0 fully saturated rings. The van der Waals surface area contributed by atoms with Gasteiger partial charge in [-0.2, -0.15) is 0 Å². The first-order valence-corrected chi connectivity index (χ1v) is 10.1. The number of carboxylic acid groups (broad SMARTS) is 2. The summed E-state index contributed by atoms with van der Waals surface area (Å²) in [6, 6.07) is 8.70. The Morgan fingerprint density at radius 3 is 1.13 bits per heavy atom. The Balaban J connectivity index is 0.000000562. The van der Waals surface area contributed by atoms with Gasteiger partial charge in [-0.25, -0.2) is 26.4 Å². The Bertz CT molecular complexity index is 1160. The summed E-state index contributed by atoms with van der Waals surface area (Å²) in [5.74, 6) is -2.33. The third-order valence-corrected chi connectivity index (χ3v) is 5.40. The predicted octanol–water partition coefficient (Wildman–Crippen LogP) is 2.77. The molecule has 0 aliphatic heterocycles. The summed E-state index contributed by atoms with van der Waals surface area (Å²) in [6.45, 7) is 0. The van der Waals surface area contributed by atoms with E-state index < -0.39 is 32.0 Å². The third kappa shape index (κ3) is 8.05. The van der Waals surface area contributed by atoms with Crippen molar-refractivity contribution < 1.29 is 56.1 Å². The van der Waals surface area contributed by atoms with E-state index in [0.717, 1.165) is 48.5 Å². The van der Waals surface area contributed by atoms with Gasteiger partial charge in [0.2, 0.25) is 0 Å². The van der Waals surface area contributed by atoms with E-state index in [2.05, 4.69) is 18.9 Å². The van der Waals surface area contributed by atoms with Crippen LogP contribution >= 0.6 is 0 Å². The first kappa shape index (κ1) is 27.5. The van der Waals surface area contributed by atoms with Gasteiger partial charge in [-0.1, -0.05) is 0 Å². The van der Waals surface area contributed by atoms with Gasteiger partial charge in [-0.05, 0) is 59.6 Å². The number of rotatable bonds is 6. The van der Waals surface area contributed by atoms with Crippen LogP contribution in [0.4, 0.5) is 0 Å². The molecule has 0 aliphatic carbocycles. The number of aromatic carboxylic acids is 2. The maximum absolute atomic E-state index is 11.1. The average molecular weight is 520 g/mol. The number of azide groups is 2. The molecule has 158 valence electrons. The minimum Gasteiger partial charge on any atom is -0.478 e. The summed E-state index contributed by atoms with van der Waals surface area (Å²) in [5.41, 5.74) is 15.9. The fourth-order valence-electron chi connectivity index (χ4n) is 1.73. The van der Waals surface area contributed by atoms with Gasteiger partial charge in [0.15, 0.2) is 0 Å². The molecule has 2 N–H and O–H groups in total. The summed E-state index contributed by atoms with van der Waals surface area (Å²) in [7, 11) is -8.07. The summed E-state index contributed by atoms with van der Waals surface area (Å²) >= 11 is 0. The van der Waals surface area contributed by atoms with Crippen molar-refractivity contribution in [3.63, 3.8) is 0 Å². The van der Waals surface area contributed by atoms with E-state index in [0.29, 0.717) is 0 Å². The zero-order valence-corrected chi connectivity index (χ0v) is 19.8. The third-order valence-electron chi connectivity index (χ3n) is 3.09.